The van der Waals surface area contributed by atoms with Gasteiger partial charge in [0.15, 0.2) is 0 Å². The van der Waals surface area contributed by atoms with Crippen molar-refractivity contribution >= 4 is 23.7 Å². The lowest BCUT2D eigenvalue weighted by Crippen LogP contribution is -2.59. The molecule has 0 radical (unpaired) electrons. The van der Waals surface area contributed by atoms with Gasteiger partial charge < -0.3 is 29.3 Å². The molecule has 2 bridgehead atoms. The van der Waals surface area contributed by atoms with Gasteiger partial charge in [0.25, 0.3) is 0 Å². The average molecular weight is 666 g/mol. The van der Waals surface area contributed by atoms with E-state index in [9.17, 15) is 24.3 Å². The molecule has 264 valence electrons. The van der Waals surface area contributed by atoms with Crippen LogP contribution in [0.2, 0.25) is 0 Å². The van der Waals surface area contributed by atoms with E-state index >= 15 is 0 Å². The summed E-state index contributed by atoms with van der Waals surface area (Å²) in [4.78, 5) is 61.5. The maximum Gasteiger partial charge on any atom is 0.313 e. The number of esters is 1. The first-order valence-corrected chi connectivity index (χ1v) is 17.6. The molecule has 3 saturated heterocycles. The standard InChI is InChI=1S/C38H55N3O7/c1-8-12-19-30(43)39(7)26(6)33(27-17-15-14-16-18-27)47-37(46)31-29-20-21-38(48-29)32(31)35(44)41(28(24-42)25(5)11-4)34(38)36(45)40(22-10-3)23-13-9-2/h8,10,14-18,25-26,28-29,31-34,42H,1,3,9,11-13,19-24H2,2,4-7H3/t25-,26+,28-,29+,31-,32-,33-,34+,38-/m0/s1. The Morgan fingerprint density at radius 3 is 2.48 bits per heavy atom. The molecule has 0 unspecified atom stereocenters. The summed E-state index contributed by atoms with van der Waals surface area (Å²) < 4.78 is 13.0. The van der Waals surface area contributed by atoms with Crippen molar-refractivity contribution < 1.29 is 33.8 Å². The van der Waals surface area contributed by atoms with E-state index in [1.165, 1.54) is 0 Å². The zero-order valence-electron chi connectivity index (χ0n) is 29.4. The minimum atomic E-state index is -1.22. The van der Waals surface area contributed by atoms with E-state index in [0.717, 1.165) is 18.4 Å². The molecule has 10 nitrogen and oxygen atoms in total. The third-order valence-electron chi connectivity index (χ3n) is 10.9. The van der Waals surface area contributed by atoms with Crippen LogP contribution in [0.5, 0.6) is 0 Å². The highest BCUT2D eigenvalue weighted by Crippen LogP contribution is 2.59. The quantitative estimate of drug-likeness (QED) is 0.179. The Labute approximate surface area is 286 Å². The van der Waals surface area contributed by atoms with Crippen molar-refractivity contribution in [2.45, 2.75) is 109 Å². The molecule has 9 atom stereocenters. The third-order valence-corrected chi connectivity index (χ3v) is 10.9. The first-order chi connectivity index (χ1) is 23.0. The number of rotatable bonds is 18. The van der Waals surface area contributed by atoms with Gasteiger partial charge in [-0.1, -0.05) is 76.1 Å². The molecule has 3 aliphatic heterocycles. The maximum atomic E-state index is 14.7. The Balaban J connectivity index is 1.73. The summed E-state index contributed by atoms with van der Waals surface area (Å²) in [6.45, 7) is 15.9. The van der Waals surface area contributed by atoms with Crippen LogP contribution in [-0.4, -0.2) is 100 Å². The van der Waals surface area contributed by atoms with Crippen molar-refractivity contribution in [3.05, 3.63) is 61.2 Å². The largest absolute Gasteiger partial charge is 0.455 e. The van der Waals surface area contributed by atoms with Crippen molar-refractivity contribution in [2.24, 2.45) is 17.8 Å². The second-order valence-electron chi connectivity index (χ2n) is 13.7. The van der Waals surface area contributed by atoms with Crippen LogP contribution in [0.4, 0.5) is 0 Å². The van der Waals surface area contributed by atoms with E-state index in [2.05, 4.69) is 20.1 Å². The fourth-order valence-electron chi connectivity index (χ4n) is 7.90. The van der Waals surface area contributed by atoms with E-state index in [1.807, 2.05) is 51.1 Å². The summed E-state index contributed by atoms with van der Waals surface area (Å²) in [6, 6.07) is 7.16. The molecule has 0 aliphatic carbocycles. The van der Waals surface area contributed by atoms with Crippen LogP contribution in [0.15, 0.2) is 55.6 Å². The first-order valence-electron chi connectivity index (χ1n) is 17.6. The molecule has 0 saturated carbocycles. The highest BCUT2D eigenvalue weighted by atomic mass is 16.6. The van der Waals surface area contributed by atoms with E-state index in [0.29, 0.717) is 38.8 Å². The zero-order chi connectivity index (χ0) is 35.2. The number of hydrogen-bond donors (Lipinski definition) is 1. The smallest absolute Gasteiger partial charge is 0.313 e. The summed E-state index contributed by atoms with van der Waals surface area (Å²) in [5.74, 6) is -3.26. The molecule has 3 fully saturated rings. The second kappa shape index (κ2) is 16.3. The van der Waals surface area contributed by atoms with Crippen LogP contribution in [0, 0.1) is 17.8 Å². The second-order valence-corrected chi connectivity index (χ2v) is 13.7. The number of benzene rings is 1. The van der Waals surface area contributed by atoms with Crippen molar-refractivity contribution in [1.82, 2.24) is 14.7 Å². The monoisotopic (exact) mass is 665 g/mol. The molecule has 1 N–H and O–H groups in total. The molecular formula is C38H55N3O7. The molecule has 3 amide bonds. The van der Waals surface area contributed by atoms with Gasteiger partial charge in [0.2, 0.25) is 17.7 Å². The SMILES string of the molecule is C=CCCC(=O)N(C)[C@H](C)[C@H](OC(=O)[C@@H]1[C@H]2C(=O)N([C@@H](CO)[C@@H](C)CC)[C@H](C(=O)N(CC=C)CCCC)[C@]23CC[C@H]1O3)c1ccccc1. The number of aliphatic hydroxyl groups is 1. The number of allylic oxidation sites excluding steroid dienone is 1. The van der Waals surface area contributed by atoms with Crippen molar-refractivity contribution in [1.29, 1.82) is 0 Å². The fraction of sp³-hybridized carbons (Fsp3) is 0.632. The van der Waals surface area contributed by atoms with Crippen molar-refractivity contribution in [3.63, 3.8) is 0 Å². The van der Waals surface area contributed by atoms with E-state index in [1.54, 1.807) is 33.9 Å². The van der Waals surface area contributed by atoms with Crippen LogP contribution in [0.1, 0.15) is 84.3 Å². The first kappa shape index (κ1) is 37.3. The zero-order valence-corrected chi connectivity index (χ0v) is 29.4. The predicted molar refractivity (Wildman–Crippen MR) is 183 cm³/mol. The van der Waals surface area contributed by atoms with Gasteiger partial charge >= 0.3 is 5.97 Å². The number of likely N-dealkylation sites (tertiary alicyclic amines) is 1. The van der Waals surface area contributed by atoms with E-state index in [4.69, 9.17) is 9.47 Å². The van der Waals surface area contributed by atoms with Crippen LogP contribution < -0.4 is 0 Å². The average Bonchev–Trinajstić information content (AvgIpc) is 3.75. The van der Waals surface area contributed by atoms with Crippen molar-refractivity contribution in [2.75, 3.05) is 26.7 Å². The van der Waals surface area contributed by atoms with Crippen LogP contribution in [0.25, 0.3) is 0 Å². The number of aliphatic hydroxyl groups excluding tert-OH is 1. The number of unbranched alkanes of at least 4 members (excludes halogenated alkanes) is 1. The number of amides is 3. The lowest BCUT2D eigenvalue weighted by molar-refractivity contribution is -0.165. The number of hydrogen-bond acceptors (Lipinski definition) is 7. The van der Waals surface area contributed by atoms with E-state index < -0.39 is 53.7 Å². The highest BCUT2D eigenvalue weighted by Gasteiger charge is 2.76. The Bertz CT molecular complexity index is 1320. The number of nitrogens with zero attached hydrogens (tertiary/aromatic N) is 3. The number of carbonyl (C=O) groups excluding carboxylic acids is 4. The van der Waals surface area contributed by atoms with Gasteiger partial charge in [0.1, 0.15) is 17.7 Å². The molecule has 1 aromatic carbocycles. The molecule has 0 aromatic heterocycles. The van der Waals surface area contributed by atoms with Gasteiger partial charge in [-0.05, 0) is 44.1 Å². The summed E-state index contributed by atoms with van der Waals surface area (Å²) in [7, 11) is 1.70. The minimum Gasteiger partial charge on any atom is -0.455 e. The molecular weight excluding hydrogens is 610 g/mol. The molecule has 3 heterocycles. The Kier molecular flexibility index (Phi) is 12.6. The van der Waals surface area contributed by atoms with Crippen LogP contribution >= 0.6 is 0 Å². The topological polar surface area (TPSA) is 117 Å². The molecule has 48 heavy (non-hydrogen) atoms. The van der Waals surface area contributed by atoms with E-state index in [-0.39, 0.29) is 36.7 Å². The molecule has 4 rings (SSSR count). The molecule has 1 aromatic rings. The minimum absolute atomic E-state index is 0.100. The Morgan fingerprint density at radius 1 is 1.17 bits per heavy atom. The highest BCUT2D eigenvalue weighted by molar-refractivity contribution is 5.98. The van der Waals surface area contributed by atoms with Gasteiger partial charge in [0.05, 0.1) is 36.6 Å². The number of likely N-dealkylation sites (N-methyl/N-ethyl adjacent to an activating group) is 1. The van der Waals surface area contributed by atoms with Crippen molar-refractivity contribution in [3.8, 4) is 0 Å². The number of fused-ring (bicyclic) bond motifs is 1. The number of ether oxygens (including phenoxy) is 2. The molecule has 10 heteroatoms. The summed E-state index contributed by atoms with van der Waals surface area (Å²) in [6.07, 6.45) is 6.08. The van der Waals surface area contributed by atoms with Gasteiger partial charge in [-0.25, -0.2) is 0 Å². The molecule has 3 aliphatic rings. The fourth-order valence-corrected chi connectivity index (χ4v) is 7.90. The van der Waals surface area contributed by atoms with Crippen LogP contribution in [-0.2, 0) is 28.7 Å². The molecule has 1 spiro atoms. The van der Waals surface area contributed by atoms with Gasteiger partial charge in [-0.3, -0.25) is 19.2 Å². The van der Waals surface area contributed by atoms with Crippen LogP contribution in [0.3, 0.4) is 0 Å². The predicted octanol–water partition coefficient (Wildman–Crippen LogP) is 4.68. The summed E-state index contributed by atoms with van der Waals surface area (Å²) in [5.41, 5.74) is -0.499. The Morgan fingerprint density at radius 2 is 1.88 bits per heavy atom. The normalized spacial score (nSPS) is 26.7. The summed E-state index contributed by atoms with van der Waals surface area (Å²) >= 11 is 0. The van der Waals surface area contributed by atoms with Gasteiger partial charge in [-0.15, -0.1) is 13.2 Å². The lowest BCUT2D eigenvalue weighted by Gasteiger charge is -2.41. The number of carbonyl (C=O) groups is 4. The van der Waals surface area contributed by atoms with Gasteiger partial charge in [-0.2, -0.15) is 0 Å². The third kappa shape index (κ3) is 6.97. The maximum absolute atomic E-state index is 14.7. The lowest BCUT2D eigenvalue weighted by atomic mass is 9.70. The summed E-state index contributed by atoms with van der Waals surface area (Å²) in [5, 5.41) is 10.6. The Hall–Kier alpha value is -3.50. The van der Waals surface area contributed by atoms with Gasteiger partial charge in [0, 0.05) is 26.6 Å².